The molecule has 0 aliphatic heterocycles. The summed E-state index contributed by atoms with van der Waals surface area (Å²) in [7, 11) is 0. The summed E-state index contributed by atoms with van der Waals surface area (Å²) in [5.74, 6) is -1.23. The van der Waals surface area contributed by atoms with Gasteiger partial charge in [0, 0.05) is 11.8 Å². The predicted octanol–water partition coefficient (Wildman–Crippen LogP) is 3.20. The molecule has 20 heavy (non-hydrogen) atoms. The van der Waals surface area contributed by atoms with Gasteiger partial charge in [0.1, 0.15) is 5.82 Å². The minimum Gasteiger partial charge on any atom is -0.461 e. The first-order chi connectivity index (χ1) is 9.43. The molecule has 0 saturated carbocycles. The molecule has 0 radical (unpaired) electrons. The minimum atomic E-state index is -4.66. The van der Waals surface area contributed by atoms with Gasteiger partial charge in [-0.2, -0.15) is 0 Å². The first kappa shape index (κ1) is 14.1. The van der Waals surface area contributed by atoms with Gasteiger partial charge in [-0.3, -0.25) is 0 Å². The van der Waals surface area contributed by atoms with E-state index in [1.165, 1.54) is 12.1 Å². The summed E-state index contributed by atoms with van der Waals surface area (Å²) in [6, 6.07) is 7.83. The molecule has 1 aromatic heterocycles. The summed E-state index contributed by atoms with van der Waals surface area (Å²) in [5.41, 5.74) is -0.108. The lowest BCUT2D eigenvalue weighted by Crippen LogP contribution is -2.17. The normalized spacial score (nSPS) is 11.4. The van der Waals surface area contributed by atoms with E-state index in [-0.39, 0.29) is 28.3 Å². The molecular formula is C13H11F3N2O2. The van der Waals surface area contributed by atoms with Crippen molar-refractivity contribution < 1.29 is 22.7 Å². The van der Waals surface area contributed by atoms with Gasteiger partial charge in [0.15, 0.2) is 5.69 Å². The van der Waals surface area contributed by atoms with Gasteiger partial charge in [-0.15, -0.1) is 13.2 Å². The number of alkyl halides is 3. The second kappa shape index (κ2) is 5.36. The van der Waals surface area contributed by atoms with Crippen LogP contribution in [0.2, 0.25) is 0 Å². The van der Waals surface area contributed by atoms with E-state index in [9.17, 15) is 18.0 Å². The Morgan fingerprint density at radius 1 is 1.30 bits per heavy atom. The maximum Gasteiger partial charge on any atom is 0.490 e. The van der Waals surface area contributed by atoms with Gasteiger partial charge >= 0.3 is 12.3 Å². The molecule has 0 saturated heterocycles. The van der Waals surface area contributed by atoms with Crippen LogP contribution in [0.15, 0.2) is 36.5 Å². The number of esters is 1. The highest BCUT2D eigenvalue weighted by atomic mass is 19.4. The molecule has 0 aliphatic carbocycles. The summed E-state index contributed by atoms with van der Waals surface area (Å²) in [5, 5.41) is 0. The van der Waals surface area contributed by atoms with Gasteiger partial charge in [-0.25, -0.2) is 14.3 Å². The third kappa shape index (κ3) is 2.81. The van der Waals surface area contributed by atoms with Gasteiger partial charge in [-0.05, 0) is 6.92 Å². The highest BCUT2D eigenvalue weighted by molar-refractivity contribution is 5.87. The van der Waals surface area contributed by atoms with Crippen LogP contribution in [-0.4, -0.2) is 22.1 Å². The summed E-state index contributed by atoms with van der Waals surface area (Å²) in [4.78, 5) is 15.2. The van der Waals surface area contributed by atoms with Gasteiger partial charge in [0.05, 0.1) is 6.61 Å². The van der Waals surface area contributed by atoms with Crippen LogP contribution >= 0.6 is 0 Å². The summed E-state index contributed by atoms with van der Waals surface area (Å²) in [6.07, 6.45) is -4.02. The molecule has 0 atom stereocenters. The van der Waals surface area contributed by atoms with E-state index in [0.717, 1.165) is 0 Å². The van der Waals surface area contributed by atoms with Crippen LogP contribution < -0.4 is 0 Å². The molecule has 106 valence electrons. The number of nitrogens with zero attached hydrogens (tertiary/aromatic N) is 2. The highest BCUT2D eigenvalue weighted by Crippen LogP contribution is 2.30. The number of hydrogen-bond acceptors (Lipinski definition) is 3. The summed E-state index contributed by atoms with van der Waals surface area (Å²) in [6.45, 7) is 1.63. The molecule has 7 heteroatoms. The summed E-state index contributed by atoms with van der Waals surface area (Å²) < 4.78 is 43.6. The van der Waals surface area contributed by atoms with E-state index >= 15 is 0 Å². The Labute approximate surface area is 112 Å². The van der Waals surface area contributed by atoms with Crippen LogP contribution in [0.5, 0.6) is 0 Å². The van der Waals surface area contributed by atoms with E-state index in [1.807, 2.05) is 0 Å². The monoisotopic (exact) mass is 284 g/mol. The topological polar surface area (TPSA) is 44.1 Å². The second-order valence-corrected chi connectivity index (χ2v) is 3.87. The smallest absolute Gasteiger partial charge is 0.461 e. The fourth-order valence-electron chi connectivity index (χ4n) is 1.67. The van der Waals surface area contributed by atoms with Crippen molar-refractivity contribution in [3.63, 3.8) is 0 Å². The number of carbonyl (C=O) groups excluding carboxylic acids is 1. The zero-order chi connectivity index (χ0) is 14.8. The van der Waals surface area contributed by atoms with Gasteiger partial charge in [0.2, 0.25) is 0 Å². The number of aromatic nitrogens is 2. The first-order valence-electron chi connectivity index (χ1n) is 5.82. The molecule has 4 nitrogen and oxygen atoms in total. The minimum absolute atomic E-state index is 0.00852. The van der Waals surface area contributed by atoms with E-state index in [4.69, 9.17) is 0 Å². The van der Waals surface area contributed by atoms with Gasteiger partial charge in [-0.1, -0.05) is 30.3 Å². The Hall–Kier alpha value is -2.31. The Bertz CT molecular complexity index is 606. The number of ether oxygens (including phenoxy) is 1. The van der Waals surface area contributed by atoms with Crippen LogP contribution in [-0.2, 0) is 11.0 Å². The third-order valence-electron chi connectivity index (χ3n) is 2.50. The number of carbonyl (C=O) groups is 1. The van der Waals surface area contributed by atoms with Crippen molar-refractivity contribution in [2.45, 2.75) is 13.2 Å². The quantitative estimate of drug-likeness (QED) is 0.813. The maximum atomic E-state index is 13.0. The fraction of sp³-hybridized carbons (Fsp3) is 0.231. The van der Waals surface area contributed by atoms with Crippen LogP contribution in [0.3, 0.4) is 0 Å². The van der Waals surface area contributed by atoms with E-state index in [0.29, 0.717) is 6.20 Å². The molecule has 1 aromatic carbocycles. The average molecular weight is 284 g/mol. The number of rotatable bonds is 3. The Kier molecular flexibility index (Phi) is 3.78. The van der Waals surface area contributed by atoms with Crippen molar-refractivity contribution in [3.05, 3.63) is 42.2 Å². The number of hydrogen-bond donors (Lipinski definition) is 0. The standard InChI is InChI=1S/C13H11F3N2O2/c1-2-20-12(19)10-8-18(13(14,15)16)11(17-10)9-6-4-3-5-7-9/h3-8H,2H2,1H3. The zero-order valence-corrected chi connectivity index (χ0v) is 10.5. The number of imidazole rings is 1. The first-order valence-corrected chi connectivity index (χ1v) is 5.82. The van der Waals surface area contributed by atoms with Crippen LogP contribution in [0, 0.1) is 0 Å². The van der Waals surface area contributed by atoms with Gasteiger partial charge < -0.3 is 4.74 Å². The molecule has 0 unspecified atom stereocenters. The van der Waals surface area contributed by atoms with Crippen molar-refractivity contribution in [2.75, 3.05) is 6.61 Å². The largest absolute Gasteiger partial charge is 0.490 e. The summed E-state index contributed by atoms with van der Waals surface area (Å²) >= 11 is 0. The van der Waals surface area contributed by atoms with Gasteiger partial charge in [0.25, 0.3) is 0 Å². The SMILES string of the molecule is CCOC(=O)c1cn(C(F)(F)F)c(-c2ccccc2)n1. The number of benzene rings is 1. The van der Waals surface area contributed by atoms with E-state index in [1.54, 1.807) is 25.1 Å². The molecule has 0 N–H and O–H groups in total. The van der Waals surface area contributed by atoms with Crippen LogP contribution in [0.1, 0.15) is 17.4 Å². The van der Waals surface area contributed by atoms with Crippen molar-refractivity contribution in [2.24, 2.45) is 0 Å². The van der Waals surface area contributed by atoms with Crippen molar-refractivity contribution in [1.82, 2.24) is 9.55 Å². The average Bonchev–Trinajstić information content (AvgIpc) is 2.85. The molecule has 1 heterocycles. The van der Waals surface area contributed by atoms with Crippen molar-refractivity contribution >= 4 is 5.97 Å². The molecule has 2 rings (SSSR count). The lowest BCUT2D eigenvalue weighted by Gasteiger charge is -2.10. The fourth-order valence-corrected chi connectivity index (χ4v) is 1.67. The maximum absolute atomic E-state index is 13.0. The lowest BCUT2D eigenvalue weighted by molar-refractivity contribution is -0.202. The molecular weight excluding hydrogens is 273 g/mol. The predicted molar refractivity (Wildman–Crippen MR) is 64.9 cm³/mol. The van der Waals surface area contributed by atoms with E-state index < -0.39 is 12.3 Å². The Morgan fingerprint density at radius 2 is 1.95 bits per heavy atom. The molecule has 0 aliphatic rings. The van der Waals surface area contributed by atoms with E-state index in [2.05, 4.69) is 9.72 Å². The molecule has 0 fully saturated rings. The third-order valence-corrected chi connectivity index (χ3v) is 2.50. The van der Waals surface area contributed by atoms with Crippen molar-refractivity contribution in [3.8, 4) is 11.4 Å². The highest BCUT2D eigenvalue weighted by Gasteiger charge is 2.35. The molecule has 0 spiro atoms. The zero-order valence-electron chi connectivity index (χ0n) is 10.5. The molecule has 2 aromatic rings. The van der Waals surface area contributed by atoms with Crippen LogP contribution in [0.25, 0.3) is 11.4 Å². The van der Waals surface area contributed by atoms with Crippen LogP contribution in [0.4, 0.5) is 13.2 Å². The molecule has 0 bridgehead atoms. The number of halogens is 3. The van der Waals surface area contributed by atoms with Crippen molar-refractivity contribution in [1.29, 1.82) is 0 Å². The molecule has 0 amide bonds. The Morgan fingerprint density at radius 3 is 2.50 bits per heavy atom. The second-order valence-electron chi connectivity index (χ2n) is 3.87. The lowest BCUT2D eigenvalue weighted by atomic mass is 10.2. The Balaban J connectivity index is 2.52.